The summed E-state index contributed by atoms with van der Waals surface area (Å²) in [6.07, 6.45) is -4.75. The molecule has 0 spiro atoms. The quantitative estimate of drug-likeness (QED) is 0.561. The Morgan fingerprint density at radius 1 is 1.07 bits per heavy atom. The average molecular weight is 349 g/mol. The molecular weight excluding hydrogens is 344 g/mol. The van der Waals surface area contributed by atoms with Gasteiger partial charge in [-0.3, -0.25) is 0 Å². The topological polar surface area (TPSA) is 26.3 Å². The van der Waals surface area contributed by atoms with Crippen LogP contribution in [0.2, 0.25) is 0 Å². The van der Waals surface area contributed by atoms with Gasteiger partial charge in [-0.25, -0.2) is 0 Å². The van der Waals surface area contributed by atoms with Crippen molar-refractivity contribution < 1.29 is 36.9 Å². The molecule has 1 atom stereocenters. The first kappa shape index (κ1) is 15.1. The van der Waals surface area contributed by atoms with E-state index in [1.165, 1.54) is 0 Å². The monoisotopic (exact) mass is 350 g/mol. The Hall–Kier alpha value is 0.0687. The van der Waals surface area contributed by atoms with Gasteiger partial charge in [-0.1, -0.05) is 0 Å². The SMILES string of the molecule is C[O][Sn](=[O])[CH](F)C(F)(F)C(F)(F)C(F)F. The van der Waals surface area contributed by atoms with E-state index in [1.54, 1.807) is 0 Å². The van der Waals surface area contributed by atoms with E-state index in [1.807, 2.05) is 0 Å². The summed E-state index contributed by atoms with van der Waals surface area (Å²) < 4.78 is 95.1. The predicted molar refractivity (Wildman–Crippen MR) is 34.2 cm³/mol. The van der Waals surface area contributed by atoms with Crippen LogP contribution < -0.4 is 0 Å². The van der Waals surface area contributed by atoms with Crippen molar-refractivity contribution in [2.45, 2.75) is 22.5 Å². The fourth-order valence-corrected chi connectivity index (χ4v) is 2.55. The van der Waals surface area contributed by atoms with Crippen molar-refractivity contribution in [1.82, 2.24) is 0 Å². The summed E-state index contributed by atoms with van der Waals surface area (Å²) in [7, 11) is 0.574. The summed E-state index contributed by atoms with van der Waals surface area (Å²) in [6.45, 7) is 0. The maximum absolute atomic E-state index is 12.5. The van der Waals surface area contributed by atoms with E-state index in [0.29, 0.717) is 7.11 Å². The van der Waals surface area contributed by atoms with E-state index in [2.05, 4.69) is 3.07 Å². The average Bonchev–Trinajstić information content (AvgIpc) is 2.14. The molecular formula is C5H5F7O2Sn. The number of alkyl halides is 7. The van der Waals surface area contributed by atoms with E-state index >= 15 is 0 Å². The number of rotatable bonds is 5. The van der Waals surface area contributed by atoms with Crippen molar-refractivity contribution in [3.05, 3.63) is 0 Å². The van der Waals surface area contributed by atoms with Crippen molar-refractivity contribution in [3.8, 4) is 0 Å². The van der Waals surface area contributed by atoms with Crippen LogP contribution in [0, 0.1) is 0 Å². The molecule has 0 aromatic rings. The minimum absolute atomic E-state index is 0.574. The zero-order valence-corrected chi connectivity index (χ0v) is 9.97. The Kier molecular flexibility index (Phi) is 4.96. The Bertz CT molecular complexity index is 244. The predicted octanol–water partition coefficient (Wildman–Crippen LogP) is 1.96. The Morgan fingerprint density at radius 2 is 1.47 bits per heavy atom. The molecule has 0 bridgehead atoms. The molecule has 0 aliphatic rings. The van der Waals surface area contributed by atoms with Crippen LogP contribution in [0.1, 0.15) is 0 Å². The molecule has 0 amide bonds. The molecule has 0 aromatic heterocycles. The first-order valence-corrected chi connectivity index (χ1v) is 7.32. The molecule has 0 N–H and O–H groups in total. The Balaban J connectivity index is 5.04. The van der Waals surface area contributed by atoms with Crippen molar-refractivity contribution >= 4 is 20.2 Å². The van der Waals surface area contributed by atoms with Gasteiger partial charge in [0.05, 0.1) is 0 Å². The van der Waals surface area contributed by atoms with E-state index in [9.17, 15) is 33.8 Å². The molecule has 0 saturated heterocycles. The normalized spacial score (nSPS) is 15.5. The summed E-state index contributed by atoms with van der Waals surface area (Å²) >= 11 is -5.09. The second-order valence-electron chi connectivity index (χ2n) is 2.43. The van der Waals surface area contributed by atoms with Gasteiger partial charge in [0.25, 0.3) is 0 Å². The van der Waals surface area contributed by atoms with E-state index in [4.69, 9.17) is 0 Å². The van der Waals surface area contributed by atoms with E-state index < -0.39 is 42.6 Å². The second kappa shape index (κ2) is 4.93. The molecule has 15 heavy (non-hydrogen) atoms. The third-order valence-electron chi connectivity index (χ3n) is 1.44. The molecule has 0 aliphatic carbocycles. The zero-order valence-electron chi connectivity index (χ0n) is 7.12. The molecule has 0 saturated carbocycles. The second-order valence-corrected chi connectivity index (χ2v) is 6.87. The number of halogens is 7. The van der Waals surface area contributed by atoms with Gasteiger partial charge in [0.1, 0.15) is 0 Å². The van der Waals surface area contributed by atoms with E-state index in [-0.39, 0.29) is 0 Å². The van der Waals surface area contributed by atoms with Crippen LogP contribution >= 0.6 is 0 Å². The zero-order chi connectivity index (χ0) is 12.4. The molecule has 0 rings (SSSR count). The van der Waals surface area contributed by atoms with Gasteiger partial charge in [0, 0.05) is 0 Å². The number of hydrogen-bond donors (Lipinski definition) is 0. The molecule has 1 unspecified atom stereocenters. The van der Waals surface area contributed by atoms with Crippen LogP contribution in [0.25, 0.3) is 0 Å². The molecule has 0 fully saturated rings. The third kappa shape index (κ3) is 2.80. The molecule has 2 nitrogen and oxygen atoms in total. The minimum atomic E-state index is -5.87. The van der Waals surface area contributed by atoms with Crippen LogP contribution in [0.5, 0.6) is 0 Å². The standard InChI is InChI=1S/C4H2F7.CH3O.O.Sn/c5-1-3(8,9)4(10,11)2(6)7;1-2;;/h1-2H;1H3;;/q;-1;;+1. The summed E-state index contributed by atoms with van der Waals surface area (Å²) in [5, 5.41) is 0. The van der Waals surface area contributed by atoms with Crippen LogP contribution in [0.15, 0.2) is 0 Å². The molecule has 0 aliphatic heterocycles. The van der Waals surface area contributed by atoms with Crippen LogP contribution in [0.4, 0.5) is 30.7 Å². The summed E-state index contributed by atoms with van der Waals surface area (Å²) in [4.78, 5) is 0. The molecule has 0 heterocycles. The van der Waals surface area contributed by atoms with Gasteiger partial charge < -0.3 is 0 Å². The Labute approximate surface area is 87.1 Å². The van der Waals surface area contributed by atoms with Crippen molar-refractivity contribution in [2.75, 3.05) is 7.11 Å². The summed E-state index contributed by atoms with van der Waals surface area (Å²) in [6, 6.07) is 0. The van der Waals surface area contributed by atoms with Crippen LogP contribution in [0.3, 0.4) is 0 Å². The van der Waals surface area contributed by atoms with Crippen molar-refractivity contribution in [3.63, 3.8) is 0 Å². The Morgan fingerprint density at radius 3 is 1.73 bits per heavy atom. The van der Waals surface area contributed by atoms with Gasteiger partial charge in [-0.15, -0.1) is 0 Å². The number of hydrogen-bond acceptors (Lipinski definition) is 2. The molecule has 0 aromatic carbocycles. The fourth-order valence-electron chi connectivity index (χ4n) is 0.566. The van der Waals surface area contributed by atoms with Gasteiger partial charge >= 0.3 is 86.6 Å². The van der Waals surface area contributed by atoms with Crippen molar-refractivity contribution in [2.24, 2.45) is 0 Å². The maximum atomic E-state index is 12.5. The first-order chi connectivity index (χ1) is 6.59. The van der Waals surface area contributed by atoms with Gasteiger partial charge in [-0.05, 0) is 0 Å². The summed E-state index contributed by atoms with van der Waals surface area (Å²) in [5.41, 5.74) is 0. The molecule has 10 heteroatoms. The van der Waals surface area contributed by atoms with Gasteiger partial charge in [0.15, 0.2) is 0 Å². The molecule has 90 valence electrons. The van der Waals surface area contributed by atoms with Crippen LogP contribution in [-0.4, -0.2) is 49.7 Å². The fraction of sp³-hybridized carbons (Fsp3) is 1.00. The summed E-state index contributed by atoms with van der Waals surface area (Å²) in [5.74, 6) is -11.6. The van der Waals surface area contributed by atoms with E-state index in [0.717, 1.165) is 0 Å². The molecule has 0 radical (unpaired) electrons. The van der Waals surface area contributed by atoms with Crippen molar-refractivity contribution in [1.29, 1.82) is 0 Å². The van der Waals surface area contributed by atoms with Crippen LogP contribution in [-0.2, 0) is 6.15 Å². The van der Waals surface area contributed by atoms with Gasteiger partial charge in [-0.2, -0.15) is 0 Å². The third-order valence-corrected chi connectivity index (χ3v) is 4.81. The van der Waals surface area contributed by atoms with Gasteiger partial charge in [0.2, 0.25) is 0 Å². The first-order valence-electron chi connectivity index (χ1n) is 3.34.